The van der Waals surface area contributed by atoms with Gasteiger partial charge in [0.25, 0.3) is 0 Å². The van der Waals surface area contributed by atoms with Crippen LogP contribution >= 0.6 is 0 Å². The lowest BCUT2D eigenvalue weighted by molar-refractivity contribution is 0.161. The molecule has 0 amide bonds. The molecule has 0 bridgehead atoms. The van der Waals surface area contributed by atoms with Crippen LogP contribution in [0.3, 0.4) is 0 Å². The second kappa shape index (κ2) is 8.14. The van der Waals surface area contributed by atoms with Gasteiger partial charge in [0.15, 0.2) is 0 Å². The zero-order valence-corrected chi connectivity index (χ0v) is 12.6. The highest BCUT2D eigenvalue weighted by Gasteiger charge is 2.26. The molecule has 16 heavy (non-hydrogen) atoms. The minimum Gasteiger partial charge on any atom is -0.0654 e. The summed E-state index contributed by atoms with van der Waals surface area (Å²) in [5.74, 6) is 1.72. The summed E-state index contributed by atoms with van der Waals surface area (Å²) in [6.07, 6.45) is 9.97. The van der Waals surface area contributed by atoms with Gasteiger partial charge in [0.2, 0.25) is 0 Å². The monoisotopic (exact) mass is 226 g/mol. The molecule has 1 unspecified atom stereocenters. The molecule has 1 atom stereocenters. The first-order valence-corrected chi connectivity index (χ1v) is 7.39. The Bertz CT molecular complexity index is 150. The summed E-state index contributed by atoms with van der Waals surface area (Å²) in [6.45, 7) is 14.2. The molecule has 0 rings (SSSR count). The predicted octanol–water partition coefficient (Wildman–Crippen LogP) is 6.06. The van der Waals surface area contributed by atoms with Crippen LogP contribution in [0, 0.1) is 17.3 Å². The van der Waals surface area contributed by atoms with E-state index in [1.165, 1.54) is 44.9 Å². The SMILES string of the molecule is CCCCCCCCC(C(C)C)C(C)(C)C. The zero-order valence-electron chi connectivity index (χ0n) is 12.6. The molecule has 0 radical (unpaired) electrons. The summed E-state index contributed by atoms with van der Waals surface area (Å²) in [5, 5.41) is 0. The van der Waals surface area contributed by atoms with Crippen molar-refractivity contribution in [1.29, 1.82) is 0 Å². The fraction of sp³-hybridized carbons (Fsp3) is 1.00. The van der Waals surface area contributed by atoms with Crippen LogP contribution in [0.25, 0.3) is 0 Å². The molecule has 0 nitrogen and oxygen atoms in total. The van der Waals surface area contributed by atoms with Crippen LogP contribution < -0.4 is 0 Å². The van der Waals surface area contributed by atoms with Crippen molar-refractivity contribution in [3.63, 3.8) is 0 Å². The van der Waals surface area contributed by atoms with Crippen molar-refractivity contribution < 1.29 is 0 Å². The normalized spacial score (nSPS) is 14.4. The van der Waals surface area contributed by atoms with Gasteiger partial charge in [-0.1, -0.05) is 80.1 Å². The fourth-order valence-corrected chi connectivity index (χ4v) is 2.91. The van der Waals surface area contributed by atoms with Crippen LogP contribution in [0.1, 0.15) is 86.5 Å². The van der Waals surface area contributed by atoms with E-state index in [1.54, 1.807) is 0 Å². The second-order valence-corrected chi connectivity index (χ2v) is 6.77. The van der Waals surface area contributed by atoms with E-state index < -0.39 is 0 Å². The highest BCUT2D eigenvalue weighted by molar-refractivity contribution is 4.76. The molecule has 0 aliphatic rings. The van der Waals surface area contributed by atoms with Crippen molar-refractivity contribution >= 4 is 0 Å². The maximum Gasteiger partial charge on any atom is -0.0342 e. The molecule has 0 spiro atoms. The predicted molar refractivity (Wildman–Crippen MR) is 75.8 cm³/mol. The summed E-state index contributed by atoms with van der Waals surface area (Å²) < 4.78 is 0. The average Bonchev–Trinajstić information content (AvgIpc) is 2.13. The largest absolute Gasteiger partial charge is 0.0654 e. The van der Waals surface area contributed by atoms with Gasteiger partial charge in [-0.25, -0.2) is 0 Å². The van der Waals surface area contributed by atoms with E-state index in [-0.39, 0.29) is 0 Å². The molecule has 0 saturated carbocycles. The molecule has 0 aromatic carbocycles. The van der Waals surface area contributed by atoms with E-state index >= 15 is 0 Å². The van der Waals surface area contributed by atoms with Gasteiger partial charge < -0.3 is 0 Å². The molecule has 0 fully saturated rings. The van der Waals surface area contributed by atoms with E-state index in [2.05, 4.69) is 41.5 Å². The van der Waals surface area contributed by atoms with Crippen molar-refractivity contribution in [2.45, 2.75) is 86.5 Å². The van der Waals surface area contributed by atoms with Gasteiger partial charge >= 0.3 is 0 Å². The Balaban J connectivity index is 3.70. The van der Waals surface area contributed by atoms with Gasteiger partial charge in [0.05, 0.1) is 0 Å². The van der Waals surface area contributed by atoms with Crippen LogP contribution in [0.4, 0.5) is 0 Å². The molecule has 0 heterocycles. The van der Waals surface area contributed by atoms with Crippen molar-refractivity contribution in [2.75, 3.05) is 0 Å². The minimum absolute atomic E-state index is 0.484. The minimum atomic E-state index is 0.484. The Morgan fingerprint density at radius 1 is 0.812 bits per heavy atom. The van der Waals surface area contributed by atoms with Gasteiger partial charge in [-0.15, -0.1) is 0 Å². The summed E-state index contributed by atoms with van der Waals surface area (Å²) in [4.78, 5) is 0. The van der Waals surface area contributed by atoms with E-state index in [9.17, 15) is 0 Å². The highest BCUT2D eigenvalue weighted by Crippen LogP contribution is 2.35. The Labute approximate surface area is 104 Å². The molecule has 0 aliphatic carbocycles. The molecule has 0 N–H and O–H groups in total. The third kappa shape index (κ3) is 7.30. The quantitative estimate of drug-likeness (QED) is 0.442. The van der Waals surface area contributed by atoms with Crippen molar-refractivity contribution in [3.8, 4) is 0 Å². The maximum absolute atomic E-state index is 2.40. The topological polar surface area (TPSA) is 0 Å². The Morgan fingerprint density at radius 2 is 1.31 bits per heavy atom. The smallest absolute Gasteiger partial charge is 0.0342 e. The lowest BCUT2D eigenvalue weighted by atomic mass is 9.72. The van der Waals surface area contributed by atoms with Crippen molar-refractivity contribution in [3.05, 3.63) is 0 Å². The van der Waals surface area contributed by atoms with Gasteiger partial charge in [-0.3, -0.25) is 0 Å². The standard InChI is InChI=1S/C16H34/c1-7-8-9-10-11-12-13-15(14(2)3)16(4,5)6/h14-15H,7-13H2,1-6H3. The fourth-order valence-electron chi connectivity index (χ4n) is 2.91. The Hall–Kier alpha value is 0. The number of hydrogen-bond acceptors (Lipinski definition) is 0. The highest BCUT2D eigenvalue weighted by atomic mass is 14.3. The van der Waals surface area contributed by atoms with E-state index in [0.717, 1.165) is 11.8 Å². The summed E-state index contributed by atoms with van der Waals surface area (Å²) in [7, 11) is 0. The number of unbranched alkanes of at least 4 members (excludes halogenated alkanes) is 5. The lowest BCUT2D eigenvalue weighted by Gasteiger charge is -2.34. The summed E-state index contributed by atoms with van der Waals surface area (Å²) >= 11 is 0. The van der Waals surface area contributed by atoms with Crippen LogP contribution in [0.15, 0.2) is 0 Å². The summed E-state index contributed by atoms with van der Waals surface area (Å²) in [5.41, 5.74) is 0.484. The maximum atomic E-state index is 2.40. The van der Waals surface area contributed by atoms with Crippen LogP contribution in [-0.2, 0) is 0 Å². The second-order valence-electron chi connectivity index (χ2n) is 6.77. The molecular weight excluding hydrogens is 192 g/mol. The first kappa shape index (κ1) is 16.0. The Kier molecular flexibility index (Phi) is 8.14. The van der Waals surface area contributed by atoms with Gasteiger partial charge in [-0.05, 0) is 23.7 Å². The van der Waals surface area contributed by atoms with Gasteiger partial charge in [-0.2, -0.15) is 0 Å². The third-order valence-corrected chi connectivity index (χ3v) is 3.79. The van der Waals surface area contributed by atoms with Crippen molar-refractivity contribution in [1.82, 2.24) is 0 Å². The Morgan fingerprint density at radius 3 is 1.75 bits per heavy atom. The van der Waals surface area contributed by atoms with E-state index in [0.29, 0.717) is 5.41 Å². The molecular formula is C16H34. The molecule has 98 valence electrons. The molecule has 0 heteroatoms. The van der Waals surface area contributed by atoms with E-state index in [1.807, 2.05) is 0 Å². The van der Waals surface area contributed by atoms with Gasteiger partial charge in [0.1, 0.15) is 0 Å². The molecule has 0 aromatic rings. The number of rotatable bonds is 8. The first-order valence-electron chi connectivity index (χ1n) is 7.39. The zero-order chi connectivity index (χ0) is 12.6. The molecule has 0 saturated heterocycles. The van der Waals surface area contributed by atoms with Crippen LogP contribution in [0.5, 0.6) is 0 Å². The first-order chi connectivity index (χ1) is 7.39. The van der Waals surface area contributed by atoms with Crippen LogP contribution in [-0.4, -0.2) is 0 Å². The summed E-state index contributed by atoms with van der Waals surface area (Å²) in [6, 6.07) is 0. The number of hydrogen-bond donors (Lipinski definition) is 0. The molecule has 0 aromatic heterocycles. The third-order valence-electron chi connectivity index (χ3n) is 3.79. The van der Waals surface area contributed by atoms with Gasteiger partial charge in [0, 0.05) is 0 Å². The average molecular weight is 226 g/mol. The lowest BCUT2D eigenvalue weighted by Crippen LogP contribution is -2.25. The van der Waals surface area contributed by atoms with E-state index in [4.69, 9.17) is 0 Å². The van der Waals surface area contributed by atoms with Crippen LogP contribution in [0.2, 0.25) is 0 Å². The van der Waals surface area contributed by atoms with Crippen molar-refractivity contribution in [2.24, 2.45) is 17.3 Å². The molecule has 0 aliphatic heterocycles.